The second-order valence-corrected chi connectivity index (χ2v) is 2.57. The van der Waals surface area contributed by atoms with E-state index in [1.54, 1.807) is 12.1 Å². The van der Waals surface area contributed by atoms with E-state index >= 15 is 0 Å². The highest BCUT2D eigenvalue weighted by Gasteiger charge is 2.16. The van der Waals surface area contributed by atoms with Gasteiger partial charge >= 0.3 is 11.6 Å². The SMILES string of the molecule is CO/C(O)=C(/C#Cc1ccccc1)[N+]#N. The molecule has 0 atom stereocenters. The topological polar surface area (TPSA) is 57.6 Å². The number of diazo groups is 1. The Bertz CT molecular complexity index is 461. The van der Waals surface area contributed by atoms with Gasteiger partial charge in [0.25, 0.3) is 0 Å². The highest BCUT2D eigenvalue weighted by Crippen LogP contribution is 2.03. The number of aliphatic hydroxyl groups excluding tert-OH is 1. The summed E-state index contributed by atoms with van der Waals surface area (Å²) < 4.78 is 4.47. The summed E-state index contributed by atoms with van der Waals surface area (Å²) in [6.45, 7) is 0. The highest BCUT2D eigenvalue weighted by molar-refractivity contribution is 5.42. The van der Waals surface area contributed by atoms with Gasteiger partial charge in [0.05, 0.1) is 7.11 Å². The van der Waals surface area contributed by atoms with Crippen molar-refractivity contribution >= 4 is 0 Å². The van der Waals surface area contributed by atoms with E-state index in [9.17, 15) is 0 Å². The number of aliphatic hydroxyl groups is 1. The summed E-state index contributed by atoms with van der Waals surface area (Å²) in [6, 6.07) is 9.13. The number of hydrogen-bond acceptors (Lipinski definition) is 3. The first-order valence-electron chi connectivity index (χ1n) is 4.17. The maximum Gasteiger partial charge on any atom is 0.514 e. The largest absolute Gasteiger partial charge is 0.514 e. The molecule has 1 aromatic rings. The minimum absolute atomic E-state index is 0.207. The molecule has 0 radical (unpaired) electrons. The standard InChI is InChI=1S/C11H8N2O2/c1-15-11(14)10(13-12)8-7-9-5-3-2-4-6-9/h2-6H,1H3/p+1/b11-10-. The summed E-state index contributed by atoms with van der Waals surface area (Å²) >= 11 is 0. The second-order valence-electron chi connectivity index (χ2n) is 2.57. The van der Waals surface area contributed by atoms with Crippen LogP contribution < -0.4 is 0 Å². The van der Waals surface area contributed by atoms with Crippen molar-refractivity contribution in [2.75, 3.05) is 7.11 Å². The van der Waals surface area contributed by atoms with Crippen molar-refractivity contribution in [1.29, 1.82) is 5.39 Å². The average molecular weight is 201 g/mol. The van der Waals surface area contributed by atoms with E-state index < -0.39 is 5.95 Å². The van der Waals surface area contributed by atoms with Gasteiger partial charge in [0.15, 0.2) is 4.98 Å². The number of methoxy groups -OCH3 is 1. The molecule has 1 aromatic carbocycles. The molecule has 0 aliphatic heterocycles. The summed E-state index contributed by atoms with van der Waals surface area (Å²) in [6.07, 6.45) is 0. The fourth-order valence-electron chi connectivity index (χ4n) is 0.871. The Hall–Kier alpha value is -2.46. The van der Waals surface area contributed by atoms with Crippen LogP contribution in [0.1, 0.15) is 5.56 Å². The molecular formula is C11H9N2O2+. The molecule has 74 valence electrons. The van der Waals surface area contributed by atoms with Gasteiger partial charge in [-0.3, -0.25) is 0 Å². The van der Waals surface area contributed by atoms with Crippen LogP contribution in [0.5, 0.6) is 0 Å². The lowest BCUT2D eigenvalue weighted by Gasteiger charge is -1.88. The zero-order chi connectivity index (χ0) is 11.1. The van der Waals surface area contributed by atoms with Gasteiger partial charge in [-0.25, -0.2) is 0 Å². The van der Waals surface area contributed by atoms with Gasteiger partial charge in [-0.05, 0) is 12.1 Å². The normalized spacial score (nSPS) is 10.4. The fraction of sp³-hybridized carbons (Fsp3) is 0.0909. The highest BCUT2D eigenvalue weighted by atomic mass is 16.6. The Kier molecular flexibility index (Phi) is 3.76. The molecule has 0 unspecified atom stereocenters. The molecule has 0 fully saturated rings. The Morgan fingerprint density at radius 1 is 1.40 bits per heavy atom. The van der Waals surface area contributed by atoms with Crippen LogP contribution >= 0.6 is 0 Å². The van der Waals surface area contributed by atoms with Crippen molar-refractivity contribution in [1.82, 2.24) is 0 Å². The smallest absolute Gasteiger partial charge is 0.475 e. The zero-order valence-corrected chi connectivity index (χ0v) is 8.14. The lowest BCUT2D eigenvalue weighted by molar-refractivity contribution is 0.134. The predicted molar refractivity (Wildman–Crippen MR) is 55.1 cm³/mol. The molecule has 0 spiro atoms. The molecule has 1 N–H and O–H groups in total. The third-order valence-electron chi connectivity index (χ3n) is 1.59. The number of ether oxygens (including phenoxy) is 1. The summed E-state index contributed by atoms with van der Waals surface area (Å²) in [5.41, 5.74) is 0.545. The predicted octanol–water partition coefficient (Wildman–Crippen LogP) is 2.26. The lowest BCUT2D eigenvalue weighted by atomic mass is 10.2. The van der Waals surface area contributed by atoms with E-state index in [1.165, 1.54) is 7.11 Å². The number of rotatable bonds is 1. The van der Waals surface area contributed by atoms with Crippen molar-refractivity contribution in [3.63, 3.8) is 0 Å². The molecule has 0 aromatic heterocycles. The van der Waals surface area contributed by atoms with Crippen LogP contribution in [0.4, 0.5) is 0 Å². The Morgan fingerprint density at radius 3 is 2.60 bits per heavy atom. The summed E-state index contributed by atoms with van der Waals surface area (Å²) in [5.74, 6) is 4.67. The molecular weight excluding hydrogens is 192 g/mol. The van der Waals surface area contributed by atoms with Gasteiger partial charge in [-0.15, -0.1) is 0 Å². The monoisotopic (exact) mass is 201 g/mol. The Morgan fingerprint density at radius 2 is 2.07 bits per heavy atom. The third kappa shape index (κ3) is 3.06. The fourth-order valence-corrected chi connectivity index (χ4v) is 0.871. The van der Waals surface area contributed by atoms with E-state index in [-0.39, 0.29) is 5.70 Å². The Labute approximate surface area is 87.4 Å². The third-order valence-corrected chi connectivity index (χ3v) is 1.59. The van der Waals surface area contributed by atoms with Crippen LogP contribution in [0.15, 0.2) is 42.0 Å². The molecule has 4 nitrogen and oxygen atoms in total. The van der Waals surface area contributed by atoms with Gasteiger partial charge in [-0.2, -0.15) is 0 Å². The van der Waals surface area contributed by atoms with Gasteiger partial charge in [0, 0.05) is 11.5 Å². The molecule has 0 aliphatic carbocycles. The number of allylic oxidation sites excluding steroid dienone is 1. The first-order valence-corrected chi connectivity index (χ1v) is 4.17. The molecule has 0 heterocycles. The summed E-state index contributed by atoms with van der Waals surface area (Å²) in [4.78, 5) is 2.80. The van der Waals surface area contributed by atoms with Crippen LogP contribution in [0.2, 0.25) is 0 Å². The van der Waals surface area contributed by atoms with Crippen LogP contribution in [-0.4, -0.2) is 12.2 Å². The van der Waals surface area contributed by atoms with E-state index in [0.29, 0.717) is 0 Å². The summed E-state index contributed by atoms with van der Waals surface area (Å²) in [7, 11) is 1.25. The van der Waals surface area contributed by atoms with Crippen molar-refractivity contribution in [2.45, 2.75) is 0 Å². The summed E-state index contributed by atoms with van der Waals surface area (Å²) in [5, 5.41) is 17.6. The van der Waals surface area contributed by atoms with E-state index in [4.69, 9.17) is 10.5 Å². The second kappa shape index (κ2) is 5.31. The quantitative estimate of drug-likeness (QED) is 0.430. The molecule has 0 saturated heterocycles. The number of nitrogens with zero attached hydrogens (tertiary/aromatic N) is 2. The van der Waals surface area contributed by atoms with E-state index in [0.717, 1.165) is 5.56 Å². The first-order chi connectivity index (χ1) is 7.27. The number of benzene rings is 1. The molecule has 0 saturated carbocycles. The molecule has 4 heteroatoms. The van der Waals surface area contributed by atoms with Gasteiger partial charge in [0.2, 0.25) is 5.39 Å². The maximum atomic E-state index is 9.10. The molecule has 15 heavy (non-hydrogen) atoms. The minimum atomic E-state index is -0.513. The molecule has 0 bridgehead atoms. The number of hydrogen-bond donors (Lipinski definition) is 1. The molecule has 0 aliphatic rings. The van der Waals surface area contributed by atoms with Crippen LogP contribution in [-0.2, 0) is 4.74 Å². The Balaban J connectivity index is 2.96. The van der Waals surface area contributed by atoms with E-state index in [2.05, 4.69) is 21.6 Å². The van der Waals surface area contributed by atoms with Gasteiger partial charge < -0.3 is 9.84 Å². The van der Waals surface area contributed by atoms with Gasteiger partial charge in [-0.1, -0.05) is 24.1 Å². The minimum Gasteiger partial charge on any atom is -0.475 e. The molecule has 0 amide bonds. The first kappa shape index (κ1) is 10.6. The van der Waals surface area contributed by atoms with Crippen LogP contribution in [0.25, 0.3) is 4.98 Å². The zero-order valence-electron chi connectivity index (χ0n) is 8.14. The van der Waals surface area contributed by atoms with E-state index in [1.807, 2.05) is 18.2 Å². The van der Waals surface area contributed by atoms with Crippen LogP contribution in [0.3, 0.4) is 0 Å². The molecule has 1 rings (SSSR count). The average Bonchev–Trinajstić information content (AvgIpc) is 2.31. The van der Waals surface area contributed by atoms with Crippen molar-refractivity contribution in [3.05, 3.63) is 52.5 Å². The van der Waals surface area contributed by atoms with Crippen LogP contribution in [0, 0.1) is 17.2 Å². The van der Waals surface area contributed by atoms with Crippen molar-refractivity contribution < 1.29 is 9.84 Å². The lowest BCUT2D eigenvalue weighted by Crippen LogP contribution is -1.87. The van der Waals surface area contributed by atoms with Gasteiger partial charge in [0.1, 0.15) is 0 Å². The van der Waals surface area contributed by atoms with Crippen molar-refractivity contribution in [2.24, 2.45) is 0 Å². The maximum absolute atomic E-state index is 9.10. The van der Waals surface area contributed by atoms with Crippen molar-refractivity contribution in [3.8, 4) is 11.8 Å².